The molecule has 1 atom stereocenters. The van der Waals surface area contributed by atoms with Crippen LogP contribution in [0.25, 0.3) is 0 Å². The van der Waals surface area contributed by atoms with Gasteiger partial charge >= 0.3 is 0 Å². The van der Waals surface area contributed by atoms with Crippen molar-refractivity contribution in [1.82, 2.24) is 9.62 Å². The first-order valence-electron chi connectivity index (χ1n) is 9.85. The molecule has 7 heteroatoms. The van der Waals surface area contributed by atoms with Crippen LogP contribution in [0.15, 0.2) is 53.4 Å². The molecule has 1 N–H and O–H groups in total. The molecule has 0 fully saturated rings. The van der Waals surface area contributed by atoms with Gasteiger partial charge in [-0.25, -0.2) is 13.1 Å². The molecule has 2 aromatic carbocycles. The molecule has 1 amide bonds. The highest BCUT2D eigenvalue weighted by molar-refractivity contribution is 7.89. The summed E-state index contributed by atoms with van der Waals surface area (Å²) in [5, 5.41) is 0. The Kier molecular flexibility index (Phi) is 7.81. The van der Waals surface area contributed by atoms with E-state index in [1.54, 1.807) is 17.0 Å². The molecule has 0 saturated carbocycles. The lowest BCUT2D eigenvalue weighted by molar-refractivity contribution is 0.0773. The molecule has 6 nitrogen and oxygen atoms in total. The van der Waals surface area contributed by atoms with Crippen LogP contribution in [0.3, 0.4) is 0 Å². The average Bonchev–Trinajstić information content (AvgIpc) is 2.68. The van der Waals surface area contributed by atoms with E-state index < -0.39 is 10.0 Å². The quantitative estimate of drug-likeness (QED) is 0.681. The number of sulfonamides is 1. The van der Waals surface area contributed by atoms with E-state index in [0.717, 1.165) is 11.3 Å². The third-order valence-electron chi connectivity index (χ3n) is 4.81. The molecule has 0 saturated heterocycles. The van der Waals surface area contributed by atoms with Crippen molar-refractivity contribution in [3.8, 4) is 0 Å². The molecule has 0 spiro atoms. The summed E-state index contributed by atoms with van der Waals surface area (Å²) in [6.45, 7) is 6.91. The fourth-order valence-corrected chi connectivity index (χ4v) is 4.37. The molecule has 0 radical (unpaired) electrons. The number of hydrogen-bond acceptors (Lipinski definition) is 4. The van der Waals surface area contributed by atoms with Crippen molar-refractivity contribution in [1.29, 1.82) is 0 Å². The Labute approximate surface area is 174 Å². The number of amides is 1. The van der Waals surface area contributed by atoms with Gasteiger partial charge < -0.3 is 9.80 Å². The van der Waals surface area contributed by atoms with E-state index >= 15 is 0 Å². The second-order valence-electron chi connectivity index (χ2n) is 7.29. The van der Waals surface area contributed by atoms with E-state index in [0.29, 0.717) is 25.1 Å². The molecule has 0 aliphatic rings. The van der Waals surface area contributed by atoms with Gasteiger partial charge in [-0.1, -0.05) is 12.1 Å². The maximum absolute atomic E-state index is 12.7. The summed E-state index contributed by atoms with van der Waals surface area (Å²) in [5.41, 5.74) is 2.65. The van der Waals surface area contributed by atoms with Gasteiger partial charge in [-0.2, -0.15) is 0 Å². The largest absolute Gasteiger partial charge is 0.378 e. The fourth-order valence-electron chi connectivity index (χ4n) is 3.13. The van der Waals surface area contributed by atoms with Crippen molar-refractivity contribution < 1.29 is 13.2 Å². The summed E-state index contributed by atoms with van der Waals surface area (Å²) < 4.78 is 28.1. The minimum absolute atomic E-state index is 0.0959. The zero-order chi connectivity index (χ0) is 21.6. The van der Waals surface area contributed by atoms with Gasteiger partial charge in [0, 0.05) is 44.5 Å². The molecule has 2 aromatic rings. The number of anilines is 1. The van der Waals surface area contributed by atoms with Crippen LogP contribution >= 0.6 is 0 Å². The highest BCUT2D eigenvalue weighted by Gasteiger charge is 2.19. The summed E-state index contributed by atoms with van der Waals surface area (Å²) in [6, 6.07) is 13.9. The van der Waals surface area contributed by atoms with E-state index in [2.05, 4.69) is 4.72 Å². The summed E-state index contributed by atoms with van der Waals surface area (Å²) in [6.07, 6.45) is 0.589. The minimum Gasteiger partial charge on any atom is -0.378 e. The van der Waals surface area contributed by atoms with E-state index in [1.165, 1.54) is 12.1 Å². The van der Waals surface area contributed by atoms with E-state index in [1.807, 2.05) is 64.0 Å². The van der Waals surface area contributed by atoms with Gasteiger partial charge in [0.15, 0.2) is 0 Å². The highest BCUT2D eigenvalue weighted by Crippen LogP contribution is 2.16. The lowest BCUT2D eigenvalue weighted by atomic mass is 10.1. The Balaban J connectivity index is 2.05. The van der Waals surface area contributed by atoms with Crippen LogP contribution in [0, 0.1) is 0 Å². The maximum Gasteiger partial charge on any atom is 0.253 e. The van der Waals surface area contributed by atoms with Crippen LogP contribution in [0.5, 0.6) is 0 Å². The first-order chi connectivity index (χ1) is 13.7. The topological polar surface area (TPSA) is 69.7 Å². The normalized spacial score (nSPS) is 12.4. The molecule has 1 unspecified atom stereocenters. The summed E-state index contributed by atoms with van der Waals surface area (Å²) in [5.74, 6) is -0.0959. The van der Waals surface area contributed by atoms with Crippen LogP contribution in [-0.2, 0) is 16.4 Å². The lowest BCUT2D eigenvalue weighted by Crippen LogP contribution is -2.34. The number of rotatable bonds is 9. The third-order valence-corrected chi connectivity index (χ3v) is 6.42. The Morgan fingerprint density at radius 2 is 1.52 bits per heavy atom. The molecule has 0 aliphatic heterocycles. The van der Waals surface area contributed by atoms with Crippen molar-refractivity contribution >= 4 is 21.6 Å². The maximum atomic E-state index is 12.7. The Hall–Kier alpha value is -2.38. The predicted molar refractivity (Wildman–Crippen MR) is 118 cm³/mol. The average molecular weight is 418 g/mol. The van der Waals surface area contributed by atoms with Gasteiger partial charge in [0.2, 0.25) is 10.0 Å². The SMILES string of the molecule is CCN(CC)C(=O)c1ccc(S(=O)(=O)NC(C)Cc2ccc(N(C)C)cc2)cc1. The molecule has 0 bridgehead atoms. The predicted octanol–water partition coefficient (Wildman–Crippen LogP) is 3.14. The van der Waals surface area contributed by atoms with Crippen molar-refractivity contribution in [2.24, 2.45) is 0 Å². The number of nitrogens with zero attached hydrogens (tertiary/aromatic N) is 2. The van der Waals surface area contributed by atoms with E-state index in [-0.39, 0.29) is 16.8 Å². The second-order valence-corrected chi connectivity index (χ2v) is 9.00. The van der Waals surface area contributed by atoms with Crippen LogP contribution in [-0.4, -0.2) is 52.5 Å². The van der Waals surface area contributed by atoms with Gasteiger partial charge in [0.25, 0.3) is 5.91 Å². The Morgan fingerprint density at radius 3 is 2.00 bits per heavy atom. The number of hydrogen-bond donors (Lipinski definition) is 1. The van der Waals surface area contributed by atoms with Crippen molar-refractivity contribution in [2.45, 2.75) is 38.1 Å². The first kappa shape index (κ1) is 22.9. The Morgan fingerprint density at radius 1 is 0.966 bits per heavy atom. The van der Waals surface area contributed by atoms with Crippen LogP contribution in [0.1, 0.15) is 36.7 Å². The smallest absolute Gasteiger partial charge is 0.253 e. The van der Waals surface area contributed by atoms with Gasteiger partial charge in [0.05, 0.1) is 4.90 Å². The molecule has 0 heterocycles. The number of benzene rings is 2. The number of nitrogens with one attached hydrogen (secondary N) is 1. The molecular formula is C22H31N3O3S. The molecule has 2 rings (SSSR count). The first-order valence-corrected chi connectivity index (χ1v) is 11.3. The standard InChI is InChI=1S/C22H31N3O3S/c1-6-25(7-2)22(26)19-10-14-21(15-11-19)29(27,28)23-17(3)16-18-8-12-20(13-9-18)24(4)5/h8-15,17,23H,6-7,16H2,1-5H3. The fraction of sp³-hybridized carbons (Fsp3) is 0.409. The monoisotopic (exact) mass is 417 g/mol. The van der Waals surface area contributed by atoms with Crippen LogP contribution < -0.4 is 9.62 Å². The summed E-state index contributed by atoms with van der Waals surface area (Å²) >= 11 is 0. The van der Waals surface area contributed by atoms with Crippen molar-refractivity contribution in [3.05, 3.63) is 59.7 Å². The number of carbonyl (C=O) groups excluding carboxylic acids is 1. The van der Waals surface area contributed by atoms with Gasteiger partial charge in [-0.3, -0.25) is 4.79 Å². The molecular weight excluding hydrogens is 386 g/mol. The zero-order valence-electron chi connectivity index (χ0n) is 17.8. The third kappa shape index (κ3) is 6.05. The number of carbonyl (C=O) groups is 1. The van der Waals surface area contributed by atoms with Gasteiger partial charge in [0.1, 0.15) is 0 Å². The zero-order valence-corrected chi connectivity index (χ0v) is 18.7. The summed E-state index contributed by atoms with van der Waals surface area (Å²) in [7, 11) is 0.299. The van der Waals surface area contributed by atoms with Crippen molar-refractivity contribution in [3.63, 3.8) is 0 Å². The highest BCUT2D eigenvalue weighted by atomic mass is 32.2. The molecule has 0 aliphatic carbocycles. The molecule has 158 valence electrons. The van der Waals surface area contributed by atoms with E-state index in [9.17, 15) is 13.2 Å². The molecule has 0 aromatic heterocycles. The van der Waals surface area contributed by atoms with Crippen molar-refractivity contribution in [2.75, 3.05) is 32.1 Å². The van der Waals surface area contributed by atoms with Crippen LogP contribution in [0.2, 0.25) is 0 Å². The van der Waals surface area contributed by atoms with Gasteiger partial charge in [-0.05, 0) is 69.2 Å². The Bertz CT molecular complexity index is 903. The minimum atomic E-state index is -3.66. The lowest BCUT2D eigenvalue weighted by Gasteiger charge is -2.19. The summed E-state index contributed by atoms with van der Waals surface area (Å²) in [4.78, 5) is 16.2. The van der Waals surface area contributed by atoms with Gasteiger partial charge in [-0.15, -0.1) is 0 Å². The second kappa shape index (κ2) is 9.89. The molecule has 29 heavy (non-hydrogen) atoms. The van der Waals surface area contributed by atoms with E-state index in [4.69, 9.17) is 0 Å². The van der Waals surface area contributed by atoms with Crippen LogP contribution in [0.4, 0.5) is 5.69 Å².